The fraction of sp³-hybridized carbons (Fsp3) is 0.348. The molecule has 0 aliphatic carbocycles. The van der Waals surface area contributed by atoms with Crippen molar-refractivity contribution in [3.63, 3.8) is 0 Å². The zero-order valence-electron chi connectivity index (χ0n) is 19.8. The molecule has 0 spiro atoms. The molecule has 1 aliphatic rings. The van der Waals surface area contributed by atoms with Crippen LogP contribution in [-0.4, -0.2) is 47.0 Å². The lowest BCUT2D eigenvalue weighted by Crippen LogP contribution is -2.30. The van der Waals surface area contributed by atoms with E-state index in [2.05, 4.69) is 14.7 Å². The van der Waals surface area contributed by atoms with Gasteiger partial charge in [-0.15, -0.1) is 0 Å². The van der Waals surface area contributed by atoms with Gasteiger partial charge < -0.3 is 24.2 Å². The maximum atomic E-state index is 12.4. The van der Waals surface area contributed by atoms with Crippen molar-refractivity contribution in [2.75, 3.05) is 24.8 Å². The van der Waals surface area contributed by atoms with Crippen LogP contribution in [0.5, 0.6) is 11.5 Å². The molecule has 190 valence electrons. The molecule has 0 fully saturated rings. The number of fused-ring (bicyclic) bond motifs is 2. The van der Waals surface area contributed by atoms with Crippen molar-refractivity contribution in [1.29, 1.82) is 0 Å². The van der Waals surface area contributed by atoms with Crippen LogP contribution in [0.3, 0.4) is 0 Å². The van der Waals surface area contributed by atoms with Gasteiger partial charge in [-0.2, -0.15) is 0 Å². The van der Waals surface area contributed by atoms with Gasteiger partial charge in [0.2, 0.25) is 16.8 Å². The summed E-state index contributed by atoms with van der Waals surface area (Å²) >= 11 is 1.38. The highest BCUT2D eigenvalue weighted by atomic mass is 32.2. The highest BCUT2D eigenvalue weighted by molar-refractivity contribution is 7.99. The second-order valence-electron chi connectivity index (χ2n) is 8.67. The number of aromatic nitrogens is 4. The second-order valence-corrected chi connectivity index (χ2v) is 11.6. The molecule has 3 N–H and O–H groups in total. The Morgan fingerprint density at radius 2 is 2.03 bits per heavy atom. The molecule has 0 saturated heterocycles. The van der Waals surface area contributed by atoms with Gasteiger partial charge in [0.15, 0.2) is 33.6 Å². The molecule has 36 heavy (non-hydrogen) atoms. The normalized spacial score (nSPS) is 13.2. The van der Waals surface area contributed by atoms with Crippen molar-refractivity contribution in [2.45, 2.75) is 36.9 Å². The van der Waals surface area contributed by atoms with Gasteiger partial charge in [0, 0.05) is 23.5 Å². The molecular formula is C23H26N6O5S2. The van der Waals surface area contributed by atoms with Gasteiger partial charge in [-0.3, -0.25) is 0 Å². The number of nitrogen functional groups attached to an aromatic ring is 1. The molecular weight excluding hydrogens is 504 g/mol. The van der Waals surface area contributed by atoms with Gasteiger partial charge in [0.25, 0.3) is 0 Å². The first-order valence-electron chi connectivity index (χ1n) is 11.4. The predicted octanol–water partition coefficient (Wildman–Crippen LogP) is 3.51. The first-order chi connectivity index (χ1) is 17.3. The van der Waals surface area contributed by atoms with E-state index >= 15 is 0 Å². The number of imidazole rings is 1. The average molecular weight is 531 g/mol. The van der Waals surface area contributed by atoms with Crippen LogP contribution in [0.25, 0.3) is 22.5 Å². The van der Waals surface area contributed by atoms with Crippen molar-refractivity contribution in [3.05, 3.63) is 36.9 Å². The third kappa shape index (κ3) is 5.13. The molecule has 4 heterocycles. The van der Waals surface area contributed by atoms with Gasteiger partial charge in [0.1, 0.15) is 12.1 Å². The van der Waals surface area contributed by atoms with Gasteiger partial charge in [-0.05, 0) is 36.6 Å². The number of rotatable bonds is 10. The third-order valence-electron chi connectivity index (χ3n) is 5.49. The van der Waals surface area contributed by atoms with E-state index in [-0.39, 0.29) is 24.3 Å². The highest BCUT2D eigenvalue weighted by Gasteiger charge is 2.23. The highest BCUT2D eigenvalue weighted by Crippen LogP contribution is 2.45. The largest absolute Gasteiger partial charge is 0.464 e. The number of hydrogen-bond acceptors (Lipinski definition) is 10. The summed E-state index contributed by atoms with van der Waals surface area (Å²) in [6.45, 7) is 4.84. The van der Waals surface area contributed by atoms with E-state index in [9.17, 15) is 8.42 Å². The van der Waals surface area contributed by atoms with Crippen LogP contribution in [0, 0.1) is 5.92 Å². The van der Waals surface area contributed by atoms with Gasteiger partial charge in [-0.1, -0.05) is 25.6 Å². The van der Waals surface area contributed by atoms with E-state index in [4.69, 9.17) is 24.6 Å². The lowest BCUT2D eigenvalue weighted by atomic mass is 10.1. The minimum Gasteiger partial charge on any atom is -0.464 e. The Morgan fingerprint density at radius 3 is 2.78 bits per heavy atom. The molecule has 0 bridgehead atoms. The maximum absolute atomic E-state index is 12.4. The summed E-state index contributed by atoms with van der Waals surface area (Å²) < 4.78 is 46.2. The number of benzene rings is 1. The monoisotopic (exact) mass is 530 g/mol. The van der Waals surface area contributed by atoms with E-state index in [1.54, 1.807) is 6.26 Å². The van der Waals surface area contributed by atoms with Gasteiger partial charge in [-0.25, -0.2) is 28.1 Å². The first kappa shape index (κ1) is 24.4. The van der Waals surface area contributed by atoms with Crippen molar-refractivity contribution >= 4 is 38.8 Å². The van der Waals surface area contributed by atoms with E-state index in [1.807, 2.05) is 42.7 Å². The van der Waals surface area contributed by atoms with Crippen LogP contribution in [0.15, 0.2) is 51.3 Å². The predicted molar refractivity (Wildman–Crippen MR) is 135 cm³/mol. The fourth-order valence-corrected chi connectivity index (χ4v) is 6.02. The molecule has 0 radical (unpaired) electrons. The molecule has 0 atom stereocenters. The van der Waals surface area contributed by atoms with Crippen LogP contribution in [0.2, 0.25) is 0 Å². The molecule has 3 aromatic heterocycles. The van der Waals surface area contributed by atoms with Crippen LogP contribution in [0.1, 0.15) is 20.3 Å². The summed E-state index contributed by atoms with van der Waals surface area (Å²) in [6.07, 6.45) is 3.34. The summed E-state index contributed by atoms with van der Waals surface area (Å²) in [5.41, 5.74) is 7.90. The summed E-state index contributed by atoms with van der Waals surface area (Å²) in [6, 6.07) is 7.43. The summed E-state index contributed by atoms with van der Waals surface area (Å²) in [7, 11) is -3.40. The quantitative estimate of drug-likeness (QED) is 0.312. The Labute approximate surface area is 212 Å². The molecule has 5 rings (SSSR count). The Bertz CT molecular complexity index is 1480. The smallest absolute Gasteiger partial charge is 0.231 e. The van der Waals surface area contributed by atoms with Crippen LogP contribution >= 0.6 is 11.8 Å². The minimum absolute atomic E-state index is 0.0221. The molecule has 13 heteroatoms. The molecule has 1 aliphatic heterocycles. The van der Waals surface area contributed by atoms with Crippen LogP contribution in [0.4, 0.5) is 5.82 Å². The Balaban J connectivity index is 1.48. The number of hydrogen-bond donors (Lipinski definition) is 2. The average Bonchev–Trinajstić information content (AvgIpc) is 3.58. The summed E-state index contributed by atoms with van der Waals surface area (Å²) in [4.78, 5) is 14.0. The number of nitrogens with one attached hydrogen (secondary N) is 1. The lowest BCUT2D eigenvalue weighted by molar-refractivity contribution is 0.174. The fourth-order valence-electron chi connectivity index (χ4n) is 3.72. The molecule has 1 aromatic carbocycles. The van der Waals surface area contributed by atoms with Crippen LogP contribution < -0.4 is 19.9 Å². The zero-order chi connectivity index (χ0) is 25.3. The number of anilines is 1. The molecule has 0 saturated carbocycles. The molecule has 4 aromatic rings. The lowest BCUT2D eigenvalue weighted by Gasteiger charge is -2.12. The molecule has 0 unspecified atom stereocenters. The summed E-state index contributed by atoms with van der Waals surface area (Å²) in [5.74, 6) is 2.38. The Hall–Kier alpha value is -3.29. The number of nitrogens with two attached hydrogens (primary N) is 1. The number of furan rings is 1. The first-order valence-corrected chi connectivity index (χ1v) is 13.9. The standard InChI is InChI=1S/C23H26N6O5S2/c1-14(2)11-27-36(30,31)8-4-6-29-22-20(21(24)25-12-26-22)28-23(29)35-19-10-18-17(33-13-34-18)9-15(19)16-5-3-7-32-16/h3,5,7,9-10,12,14,27H,4,6,8,11,13H2,1-2H3,(H2,24,25,26). The molecule has 11 nitrogen and oxygen atoms in total. The molecule has 0 amide bonds. The Morgan fingerprint density at radius 1 is 1.22 bits per heavy atom. The SMILES string of the molecule is CC(C)CNS(=O)(=O)CCCn1c(Sc2cc3c(cc2-c2ccco2)OCO3)nc2c(N)ncnc21. The van der Waals surface area contributed by atoms with E-state index in [0.29, 0.717) is 53.1 Å². The zero-order valence-corrected chi connectivity index (χ0v) is 21.4. The van der Waals surface area contributed by atoms with Crippen molar-refractivity contribution in [1.82, 2.24) is 24.2 Å². The van der Waals surface area contributed by atoms with Gasteiger partial charge in [0.05, 0.1) is 12.0 Å². The Kier molecular flexibility index (Phi) is 6.77. The van der Waals surface area contributed by atoms with Crippen molar-refractivity contribution < 1.29 is 22.3 Å². The number of sulfonamides is 1. The van der Waals surface area contributed by atoms with Crippen molar-refractivity contribution in [3.8, 4) is 22.8 Å². The topological polar surface area (TPSA) is 147 Å². The second kappa shape index (κ2) is 9.99. The van der Waals surface area contributed by atoms with E-state index in [1.165, 1.54) is 18.1 Å². The van der Waals surface area contributed by atoms with Crippen LogP contribution in [-0.2, 0) is 16.6 Å². The number of nitrogens with zero attached hydrogens (tertiary/aromatic N) is 4. The van der Waals surface area contributed by atoms with E-state index in [0.717, 1.165) is 10.5 Å². The summed E-state index contributed by atoms with van der Waals surface area (Å²) in [5, 5.41) is 0.594. The number of ether oxygens (including phenoxy) is 2. The minimum atomic E-state index is -3.40. The maximum Gasteiger partial charge on any atom is 0.231 e. The van der Waals surface area contributed by atoms with Crippen molar-refractivity contribution in [2.24, 2.45) is 5.92 Å². The van der Waals surface area contributed by atoms with Gasteiger partial charge >= 0.3 is 0 Å². The van der Waals surface area contributed by atoms with E-state index < -0.39 is 10.0 Å². The number of aryl methyl sites for hydroxylation is 1. The third-order valence-corrected chi connectivity index (χ3v) is 7.98.